The van der Waals surface area contributed by atoms with E-state index in [1.807, 2.05) is 0 Å². The number of hydrogen-bond acceptors (Lipinski definition) is 5. The normalized spacial score (nSPS) is 25.1. The average molecular weight is 661 g/mol. The van der Waals surface area contributed by atoms with Crippen molar-refractivity contribution in [3.63, 3.8) is 0 Å². The lowest BCUT2D eigenvalue weighted by Gasteiger charge is -2.36. The van der Waals surface area contributed by atoms with E-state index >= 15 is 0 Å². The molecule has 5 heteroatoms. The molecule has 0 radical (unpaired) electrons. The molecule has 1 aromatic carbocycles. The van der Waals surface area contributed by atoms with E-state index in [1.165, 1.54) is 120 Å². The summed E-state index contributed by atoms with van der Waals surface area (Å²) in [6, 6.07) is 9.44. The Balaban J connectivity index is 1.12. The lowest BCUT2D eigenvalue weighted by molar-refractivity contribution is -0.144. The van der Waals surface area contributed by atoms with Crippen LogP contribution in [-0.2, 0) is 25.5 Å². The number of unbranched alkanes of at least 4 members (excludes halogenated alkanes) is 2. The minimum Gasteiger partial charge on any atom is -0.462 e. The second-order valence-electron chi connectivity index (χ2n) is 15.5. The van der Waals surface area contributed by atoms with E-state index < -0.39 is 18.5 Å². The first-order valence-electron chi connectivity index (χ1n) is 19.3. The highest BCUT2D eigenvalue weighted by Crippen LogP contribution is 2.43. The quantitative estimate of drug-likeness (QED) is 0.0964. The van der Waals surface area contributed by atoms with Crippen LogP contribution in [0.2, 0.25) is 0 Å². The van der Waals surface area contributed by atoms with Gasteiger partial charge in [0.05, 0.1) is 25.4 Å². The Labute approximate surface area is 291 Å². The smallest absolute Gasteiger partial charge is 0.335 e. The van der Waals surface area contributed by atoms with Gasteiger partial charge in [0.1, 0.15) is 0 Å². The molecule has 2 unspecified atom stereocenters. The van der Waals surface area contributed by atoms with Gasteiger partial charge in [-0.15, -0.1) is 0 Å². The second-order valence-corrected chi connectivity index (χ2v) is 15.5. The molecule has 1 aromatic rings. The van der Waals surface area contributed by atoms with E-state index in [9.17, 15) is 14.7 Å². The number of esters is 2. The van der Waals surface area contributed by atoms with Crippen LogP contribution in [0.15, 0.2) is 54.6 Å². The van der Waals surface area contributed by atoms with Crippen LogP contribution in [-0.4, -0.2) is 36.9 Å². The molecule has 1 N–H and O–H groups in total. The summed E-state index contributed by atoms with van der Waals surface area (Å²) >= 11 is 0. The predicted octanol–water partition coefficient (Wildman–Crippen LogP) is 10.2. The van der Waals surface area contributed by atoms with Gasteiger partial charge in [-0.3, -0.25) is 0 Å². The maximum atomic E-state index is 12.1. The van der Waals surface area contributed by atoms with Crippen LogP contribution < -0.4 is 0 Å². The Morgan fingerprint density at radius 2 is 1.42 bits per heavy atom. The van der Waals surface area contributed by atoms with E-state index in [4.69, 9.17) is 9.47 Å². The zero-order valence-corrected chi connectivity index (χ0v) is 30.2. The highest BCUT2D eigenvalue weighted by molar-refractivity contribution is 5.88. The maximum absolute atomic E-state index is 12.1. The lowest BCUT2D eigenvalue weighted by Crippen LogP contribution is -2.26. The first-order chi connectivity index (χ1) is 23.2. The molecule has 0 heterocycles. The molecular weight excluding hydrogens is 596 g/mol. The van der Waals surface area contributed by atoms with Crippen LogP contribution in [0.3, 0.4) is 0 Å². The largest absolute Gasteiger partial charge is 0.462 e. The van der Waals surface area contributed by atoms with Crippen molar-refractivity contribution in [1.82, 2.24) is 0 Å². The van der Waals surface area contributed by atoms with Gasteiger partial charge in [-0.1, -0.05) is 115 Å². The molecular formula is C43H64O5. The van der Waals surface area contributed by atoms with Crippen molar-refractivity contribution < 1.29 is 24.2 Å². The van der Waals surface area contributed by atoms with Crippen molar-refractivity contribution in [2.45, 2.75) is 129 Å². The van der Waals surface area contributed by atoms with Gasteiger partial charge in [0.2, 0.25) is 0 Å². The van der Waals surface area contributed by atoms with E-state index in [-0.39, 0.29) is 24.7 Å². The number of aliphatic hydroxyl groups excluding tert-OH is 1. The molecule has 0 bridgehead atoms. The van der Waals surface area contributed by atoms with E-state index in [0.29, 0.717) is 11.5 Å². The monoisotopic (exact) mass is 660 g/mol. The minimum absolute atomic E-state index is 0.0384. The number of rotatable bonds is 18. The van der Waals surface area contributed by atoms with Gasteiger partial charge in [0.15, 0.2) is 0 Å². The summed E-state index contributed by atoms with van der Waals surface area (Å²) in [4.78, 5) is 24.0. The number of benzene rings is 1. The van der Waals surface area contributed by atoms with Crippen molar-refractivity contribution >= 4 is 17.5 Å². The molecule has 266 valence electrons. The van der Waals surface area contributed by atoms with Gasteiger partial charge in [0.25, 0.3) is 0 Å². The molecule has 2 atom stereocenters. The molecule has 2 fully saturated rings. The maximum Gasteiger partial charge on any atom is 0.335 e. The number of aliphatic hydroxyl groups is 1. The second kappa shape index (κ2) is 20.1. The summed E-state index contributed by atoms with van der Waals surface area (Å²) in [6.07, 6.45) is 25.7. The first-order valence-corrected chi connectivity index (χ1v) is 19.3. The Kier molecular flexibility index (Phi) is 16.0. The molecule has 3 aliphatic rings. The van der Waals surface area contributed by atoms with Crippen molar-refractivity contribution in [1.29, 1.82) is 0 Å². The number of carbonyl (C=O) groups is 2. The van der Waals surface area contributed by atoms with Crippen LogP contribution in [0.5, 0.6) is 0 Å². The summed E-state index contributed by atoms with van der Waals surface area (Å²) in [5.41, 5.74) is 4.91. The summed E-state index contributed by atoms with van der Waals surface area (Å²) in [7, 11) is 0. The Bertz CT molecular complexity index is 1200. The number of hydrogen-bond donors (Lipinski definition) is 1. The molecule has 0 aromatic heterocycles. The third-order valence-corrected chi connectivity index (χ3v) is 11.7. The fourth-order valence-corrected chi connectivity index (χ4v) is 8.52. The number of aryl methyl sites for hydroxylation is 1. The number of carbonyl (C=O) groups excluding carboxylic acids is 2. The number of allylic oxidation sites excluding steroid dienone is 2. The van der Waals surface area contributed by atoms with E-state index in [1.54, 1.807) is 12.5 Å². The van der Waals surface area contributed by atoms with E-state index in [0.717, 1.165) is 30.1 Å². The van der Waals surface area contributed by atoms with Crippen LogP contribution in [0.1, 0.15) is 134 Å². The zero-order chi connectivity index (χ0) is 34.3. The van der Waals surface area contributed by atoms with E-state index in [2.05, 4.69) is 50.4 Å². The molecule has 3 aliphatic carbocycles. The van der Waals surface area contributed by atoms with Gasteiger partial charge < -0.3 is 14.6 Å². The van der Waals surface area contributed by atoms with Crippen molar-refractivity contribution in [3.8, 4) is 0 Å². The Hall–Kier alpha value is -2.66. The molecule has 0 saturated heterocycles. The molecule has 0 aliphatic heterocycles. The third kappa shape index (κ3) is 12.3. The molecule has 0 spiro atoms. The van der Waals surface area contributed by atoms with Crippen LogP contribution >= 0.6 is 0 Å². The molecule has 0 amide bonds. The van der Waals surface area contributed by atoms with Gasteiger partial charge in [-0.05, 0) is 105 Å². The van der Waals surface area contributed by atoms with Crippen LogP contribution in [0, 0.1) is 35.5 Å². The standard InChI is InChI=1S/C43H64O5/c1-5-6-7-8-33-15-19-38(20-16-33)40-23-25-41(26-24-40)39-21-17-35(18-22-39)10-9-34-11-13-36(14-12-34)27-37(29-47-42(45)31(2)3)30-48-43(46)32(4)28-44/h15-16,19-20,23,34-37,39,41,44H,2,4-14,17-18,21-22,24-30H2,1,3H3. The SMILES string of the molecule is C=C(C)C(=O)OCC(COC(=O)C(=C)CO)CC1CCC(CCC2CCC(C3CC=C(c4ccc(CCCCC)cc4)CC3)CC2)CC1. The summed E-state index contributed by atoms with van der Waals surface area (Å²) < 4.78 is 10.8. The molecule has 5 nitrogen and oxygen atoms in total. The minimum atomic E-state index is -0.592. The van der Waals surface area contributed by atoms with Gasteiger partial charge in [0, 0.05) is 11.5 Å². The highest BCUT2D eigenvalue weighted by atomic mass is 16.5. The van der Waals surface area contributed by atoms with Gasteiger partial charge >= 0.3 is 11.9 Å². The molecule has 2 saturated carbocycles. The lowest BCUT2D eigenvalue weighted by atomic mass is 9.69. The summed E-state index contributed by atoms with van der Waals surface area (Å²) in [5.74, 6) is 2.98. The zero-order valence-electron chi connectivity index (χ0n) is 30.2. The van der Waals surface area contributed by atoms with Crippen LogP contribution in [0.4, 0.5) is 0 Å². The fraction of sp³-hybridized carbons (Fsp3) is 0.674. The average Bonchev–Trinajstić information content (AvgIpc) is 3.12. The van der Waals surface area contributed by atoms with Crippen molar-refractivity contribution in [2.24, 2.45) is 35.5 Å². The Morgan fingerprint density at radius 3 is 1.98 bits per heavy atom. The Morgan fingerprint density at radius 1 is 0.812 bits per heavy atom. The fourth-order valence-electron chi connectivity index (χ4n) is 8.52. The summed E-state index contributed by atoms with van der Waals surface area (Å²) in [5, 5.41) is 9.17. The number of ether oxygens (including phenoxy) is 2. The summed E-state index contributed by atoms with van der Waals surface area (Å²) in [6.45, 7) is 11.1. The topological polar surface area (TPSA) is 72.8 Å². The molecule has 48 heavy (non-hydrogen) atoms. The highest BCUT2D eigenvalue weighted by Gasteiger charge is 2.30. The van der Waals surface area contributed by atoms with Gasteiger partial charge in [-0.25, -0.2) is 9.59 Å². The van der Waals surface area contributed by atoms with Crippen molar-refractivity contribution in [2.75, 3.05) is 19.8 Å². The molecule has 4 rings (SSSR count). The first kappa shape index (κ1) is 38.1. The predicted molar refractivity (Wildman–Crippen MR) is 196 cm³/mol. The van der Waals surface area contributed by atoms with Gasteiger partial charge in [-0.2, -0.15) is 0 Å². The third-order valence-electron chi connectivity index (χ3n) is 11.7. The van der Waals surface area contributed by atoms with Crippen LogP contribution in [0.25, 0.3) is 5.57 Å². The van der Waals surface area contributed by atoms with Crippen molar-refractivity contribution in [3.05, 3.63) is 65.8 Å².